The first-order valence-electron chi connectivity index (χ1n) is 14.9. The molecular weight excluding hydrogens is 484 g/mol. The molecule has 2 amide bonds. The van der Waals surface area contributed by atoms with Crippen molar-refractivity contribution in [3.05, 3.63) is 11.6 Å². The van der Waals surface area contributed by atoms with Crippen molar-refractivity contribution in [2.24, 2.45) is 5.92 Å². The molecule has 3 fully saturated rings. The Balaban J connectivity index is 1.30. The molecule has 1 spiro atoms. The normalized spacial score (nSPS) is 31.5. The summed E-state index contributed by atoms with van der Waals surface area (Å²) < 4.78 is 24.1. The molecule has 6 atom stereocenters. The number of epoxide rings is 2. The second kappa shape index (κ2) is 14.7. The Bertz CT molecular complexity index is 794. The summed E-state index contributed by atoms with van der Waals surface area (Å²) in [5, 5.41) is 5.86. The molecule has 1 aliphatic carbocycles. The van der Waals surface area contributed by atoms with E-state index in [1.165, 1.54) is 31.3 Å². The molecular formula is C30H52N2O6. The second-order valence-electron chi connectivity index (χ2n) is 11.8. The lowest BCUT2D eigenvalue weighted by molar-refractivity contribution is -0.120. The highest BCUT2D eigenvalue weighted by atomic mass is 16.6. The van der Waals surface area contributed by atoms with Gasteiger partial charge in [-0.15, -0.1) is 0 Å². The molecule has 0 radical (unpaired) electrons. The van der Waals surface area contributed by atoms with Gasteiger partial charge in [0.05, 0.1) is 18.6 Å². The van der Waals surface area contributed by atoms with Crippen molar-refractivity contribution in [3.8, 4) is 0 Å². The van der Waals surface area contributed by atoms with Crippen molar-refractivity contribution < 1.29 is 28.5 Å². The zero-order valence-corrected chi connectivity index (χ0v) is 24.4. The van der Waals surface area contributed by atoms with Crippen molar-refractivity contribution in [2.75, 3.05) is 26.8 Å². The van der Waals surface area contributed by atoms with Gasteiger partial charge in [-0.2, -0.15) is 0 Å². The fourth-order valence-electron chi connectivity index (χ4n) is 6.10. The molecule has 38 heavy (non-hydrogen) atoms. The molecule has 0 aromatic carbocycles. The Morgan fingerprint density at radius 1 is 1.00 bits per heavy atom. The summed E-state index contributed by atoms with van der Waals surface area (Å²) in [6.07, 6.45) is 13.6. The van der Waals surface area contributed by atoms with Crippen LogP contribution in [0, 0.1) is 5.92 Å². The number of ether oxygens (including phenoxy) is 4. The smallest absolute Gasteiger partial charge is 0.407 e. The minimum atomic E-state index is -0.360. The van der Waals surface area contributed by atoms with Crippen LogP contribution in [-0.2, 0) is 23.7 Å². The van der Waals surface area contributed by atoms with Crippen molar-refractivity contribution >= 4 is 12.0 Å². The number of amides is 2. The topological polar surface area (TPSA) is 102 Å². The van der Waals surface area contributed by atoms with Gasteiger partial charge in [0, 0.05) is 26.6 Å². The van der Waals surface area contributed by atoms with Crippen LogP contribution in [0.2, 0.25) is 0 Å². The van der Waals surface area contributed by atoms with Gasteiger partial charge < -0.3 is 29.6 Å². The minimum Gasteiger partial charge on any atom is -0.443 e. The zero-order chi connectivity index (χ0) is 27.6. The van der Waals surface area contributed by atoms with Crippen molar-refractivity contribution in [3.63, 3.8) is 0 Å². The van der Waals surface area contributed by atoms with Crippen LogP contribution in [0.25, 0.3) is 0 Å². The molecule has 3 aliphatic rings. The maximum Gasteiger partial charge on any atom is 0.407 e. The summed E-state index contributed by atoms with van der Waals surface area (Å²) in [6, 6.07) is 0. The molecule has 2 heterocycles. The summed E-state index contributed by atoms with van der Waals surface area (Å²) >= 11 is 0. The van der Waals surface area contributed by atoms with Crippen LogP contribution in [0.5, 0.6) is 0 Å². The monoisotopic (exact) mass is 536 g/mol. The molecule has 2 saturated heterocycles. The van der Waals surface area contributed by atoms with E-state index in [1.54, 1.807) is 7.11 Å². The third kappa shape index (κ3) is 8.68. The van der Waals surface area contributed by atoms with E-state index in [0.29, 0.717) is 13.0 Å². The van der Waals surface area contributed by atoms with Crippen LogP contribution in [0.15, 0.2) is 11.6 Å². The number of alkyl carbamates (subject to hydrolysis) is 1. The maximum absolute atomic E-state index is 12.6. The van der Waals surface area contributed by atoms with Crippen LogP contribution in [0.3, 0.4) is 0 Å². The SMILES string of the molecule is CCC(=O)NCCCCCCCCCCNC(=O)OC1CCC2(CO2)C(C2(C)OC2CC=C(C)C)C1OC. The number of nitrogens with one attached hydrogen (secondary N) is 2. The van der Waals surface area contributed by atoms with Crippen molar-refractivity contribution in [1.82, 2.24) is 10.6 Å². The summed E-state index contributed by atoms with van der Waals surface area (Å²) in [5.74, 6) is 0.175. The molecule has 1 saturated carbocycles. The number of allylic oxidation sites excluding steroid dienone is 1. The van der Waals surface area contributed by atoms with Crippen LogP contribution >= 0.6 is 0 Å². The fraction of sp³-hybridized carbons (Fsp3) is 0.867. The van der Waals surface area contributed by atoms with Crippen LogP contribution in [0.1, 0.15) is 105 Å². The van der Waals surface area contributed by atoms with Crippen LogP contribution < -0.4 is 10.6 Å². The second-order valence-corrected chi connectivity index (χ2v) is 11.8. The molecule has 2 N–H and O–H groups in total. The molecule has 218 valence electrons. The third-order valence-corrected chi connectivity index (χ3v) is 8.51. The average molecular weight is 537 g/mol. The number of hydrogen-bond donors (Lipinski definition) is 2. The van der Waals surface area contributed by atoms with E-state index >= 15 is 0 Å². The van der Waals surface area contributed by atoms with E-state index in [2.05, 4.69) is 37.5 Å². The molecule has 8 heteroatoms. The first kappa shape index (κ1) is 30.9. The number of rotatable bonds is 17. The van der Waals surface area contributed by atoms with Gasteiger partial charge in [-0.25, -0.2) is 4.79 Å². The van der Waals surface area contributed by atoms with Gasteiger partial charge in [-0.1, -0.05) is 57.1 Å². The largest absolute Gasteiger partial charge is 0.443 e. The minimum absolute atomic E-state index is 0.0391. The van der Waals surface area contributed by atoms with Gasteiger partial charge in [0.2, 0.25) is 5.91 Å². The highest BCUT2D eigenvalue weighted by molar-refractivity contribution is 5.75. The molecule has 2 aliphatic heterocycles. The molecule has 0 aromatic rings. The Morgan fingerprint density at radius 3 is 2.16 bits per heavy atom. The number of carbonyl (C=O) groups is 2. The van der Waals surface area contributed by atoms with Gasteiger partial charge in [0.25, 0.3) is 0 Å². The zero-order valence-electron chi connectivity index (χ0n) is 24.4. The van der Waals surface area contributed by atoms with E-state index < -0.39 is 0 Å². The molecule has 8 nitrogen and oxygen atoms in total. The van der Waals surface area contributed by atoms with Crippen molar-refractivity contribution in [2.45, 2.75) is 134 Å². The molecule has 0 aromatic heterocycles. The first-order valence-corrected chi connectivity index (χ1v) is 14.9. The van der Waals surface area contributed by atoms with Gasteiger partial charge in [0.15, 0.2) is 0 Å². The lowest BCUT2D eigenvalue weighted by atomic mass is 9.68. The van der Waals surface area contributed by atoms with E-state index in [-0.39, 0.29) is 47.4 Å². The lowest BCUT2D eigenvalue weighted by Gasteiger charge is -2.42. The lowest BCUT2D eigenvalue weighted by Crippen LogP contribution is -2.56. The third-order valence-electron chi connectivity index (χ3n) is 8.51. The Labute approximate surface area is 229 Å². The fourth-order valence-corrected chi connectivity index (χ4v) is 6.10. The predicted octanol–water partition coefficient (Wildman–Crippen LogP) is 5.44. The Kier molecular flexibility index (Phi) is 11.9. The highest BCUT2D eigenvalue weighted by Gasteiger charge is 2.72. The van der Waals surface area contributed by atoms with Gasteiger partial charge in [-0.05, 0) is 52.9 Å². The highest BCUT2D eigenvalue weighted by Crippen LogP contribution is 2.59. The summed E-state index contributed by atoms with van der Waals surface area (Å²) in [7, 11) is 1.70. The molecule has 0 bridgehead atoms. The van der Waals surface area contributed by atoms with E-state index in [0.717, 1.165) is 58.1 Å². The standard InChI is InChI=1S/C30H52N2O6/c1-6-25(33)31-19-13-11-9-7-8-10-12-14-20-32-28(34)37-23-17-18-30(21-36-30)27(26(23)35-5)29(4)24(38-29)16-15-22(2)3/h15,23-24,26-27H,6-14,16-21H2,1-5H3,(H,31,33)(H,32,34). The van der Waals surface area contributed by atoms with E-state index in [4.69, 9.17) is 18.9 Å². The van der Waals surface area contributed by atoms with Crippen LogP contribution in [-0.4, -0.2) is 68.3 Å². The maximum atomic E-state index is 12.6. The number of hydrogen-bond acceptors (Lipinski definition) is 6. The van der Waals surface area contributed by atoms with Crippen molar-refractivity contribution in [1.29, 1.82) is 0 Å². The Hall–Kier alpha value is -1.64. The van der Waals surface area contributed by atoms with Crippen LogP contribution in [0.4, 0.5) is 4.79 Å². The summed E-state index contributed by atoms with van der Waals surface area (Å²) in [4.78, 5) is 23.8. The van der Waals surface area contributed by atoms with Gasteiger partial charge in [-0.3, -0.25) is 4.79 Å². The number of carbonyl (C=O) groups excluding carboxylic acids is 2. The molecule has 6 unspecified atom stereocenters. The first-order chi connectivity index (χ1) is 18.3. The predicted molar refractivity (Wildman–Crippen MR) is 148 cm³/mol. The van der Waals surface area contributed by atoms with E-state index in [1.807, 2.05) is 6.92 Å². The Morgan fingerprint density at radius 2 is 1.61 bits per heavy atom. The molecule has 3 rings (SSSR count). The quantitative estimate of drug-likeness (QED) is 0.146. The van der Waals surface area contributed by atoms with Gasteiger partial charge in [0.1, 0.15) is 23.4 Å². The number of methoxy groups -OCH3 is 1. The number of unbranched alkanes of at least 4 members (excludes halogenated alkanes) is 7. The van der Waals surface area contributed by atoms with E-state index in [9.17, 15) is 9.59 Å². The van der Waals surface area contributed by atoms with Gasteiger partial charge >= 0.3 is 6.09 Å². The average Bonchev–Trinajstić information content (AvgIpc) is 3.81. The summed E-state index contributed by atoms with van der Waals surface area (Å²) in [6.45, 7) is 10.4. The summed E-state index contributed by atoms with van der Waals surface area (Å²) in [5.41, 5.74) is 0.749.